The highest BCUT2D eigenvalue weighted by molar-refractivity contribution is 5.83. The Balaban J connectivity index is 1.37. The van der Waals surface area contributed by atoms with Crippen molar-refractivity contribution in [2.24, 2.45) is 11.3 Å². The third-order valence-corrected chi connectivity index (χ3v) is 8.38. The van der Waals surface area contributed by atoms with Crippen LogP contribution < -0.4 is 10.1 Å². The van der Waals surface area contributed by atoms with Crippen molar-refractivity contribution in [3.05, 3.63) is 66.4 Å². The number of aliphatic hydroxyl groups is 3. The molecule has 0 radical (unpaired) electrons. The summed E-state index contributed by atoms with van der Waals surface area (Å²) in [5.41, 5.74) is 2.21. The number of carbonyl (C=O) groups is 1. The number of hydrogen-bond acceptors (Lipinski definition) is 10. The number of carbonyl (C=O) groups excluding carboxylic acids is 1. The van der Waals surface area contributed by atoms with E-state index in [1.165, 1.54) is 0 Å². The van der Waals surface area contributed by atoms with Crippen molar-refractivity contribution in [3.8, 4) is 17.0 Å². The average molecular weight is 639 g/mol. The zero-order chi connectivity index (χ0) is 33.1. The minimum atomic E-state index is -1.19. The Kier molecular flexibility index (Phi) is 13.3. The Morgan fingerprint density at radius 3 is 2.59 bits per heavy atom. The molecule has 4 rings (SSSR count). The molecule has 2 heterocycles. The van der Waals surface area contributed by atoms with E-state index in [2.05, 4.69) is 15.6 Å². The maximum atomic E-state index is 12.3. The van der Waals surface area contributed by atoms with Crippen LogP contribution in [0.1, 0.15) is 58.4 Å². The molecule has 46 heavy (non-hydrogen) atoms. The molecule has 0 amide bonds. The van der Waals surface area contributed by atoms with Gasteiger partial charge >= 0.3 is 0 Å². The van der Waals surface area contributed by atoms with Crippen molar-refractivity contribution >= 4 is 5.78 Å². The van der Waals surface area contributed by atoms with Gasteiger partial charge < -0.3 is 34.8 Å². The van der Waals surface area contributed by atoms with Crippen LogP contribution in [0.3, 0.4) is 0 Å². The zero-order valence-corrected chi connectivity index (χ0v) is 27.4. The van der Waals surface area contributed by atoms with Gasteiger partial charge in [0.15, 0.2) is 6.29 Å². The van der Waals surface area contributed by atoms with Gasteiger partial charge in [-0.3, -0.25) is 4.79 Å². The second kappa shape index (κ2) is 17.1. The Morgan fingerprint density at radius 1 is 1.07 bits per heavy atom. The molecule has 0 saturated carbocycles. The van der Waals surface area contributed by atoms with Gasteiger partial charge in [0.1, 0.15) is 29.4 Å². The van der Waals surface area contributed by atoms with E-state index in [0.717, 1.165) is 30.4 Å². The molecule has 6 unspecified atom stereocenters. The Morgan fingerprint density at radius 2 is 1.85 bits per heavy atom. The van der Waals surface area contributed by atoms with Gasteiger partial charge in [0.25, 0.3) is 0 Å². The Labute approximate surface area is 271 Å². The van der Waals surface area contributed by atoms with Crippen LogP contribution in [-0.4, -0.2) is 87.1 Å². The summed E-state index contributed by atoms with van der Waals surface area (Å²) < 4.78 is 19.2. The summed E-state index contributed by atoms with van der Waals surface area (Å²) in [5, 5.41) is 44.8. The third-order valence-electron chi connectivity index (χ3n) is 8.38. The molecule has 1 fully saturated rings. The molecule has 0 bridgehead atoms. The highest BCUT2D eigenvalue weighted by atomic mass is 16.7. The lowest BCUT2D eigenvalue weighted by Crippen LogP contribution is -2.56. The van der Waals surface area contributed by atoms with Crippen LogP contribution in [0.15, 0.2) is 60.8 Å². The van der Waals surface area contributed by atoms with E-state index in [4.69, 9.17) is 14.2 Å². The molecule has 2 aromatic carbocycles. The first-order valence-electron chi connectivity index (χ1n) is 16.2. The number of Topliss-reactive ketones (excluding diaryl/α,β-unsaturated/α-hetero) is 1. The molecular formula is C35H50N4O7. The van der Waals surface area contributed by atoms with Crippen LogP contribution in [-0.2, 0) is 27.4 Å². The minimum Gasteiger partial charge on any atom is -0.497 e. The van der Waals surface area contributed by atoms with Gasteiger partial charge in [-0.15, -0.1) is 5.10 Å². The third kappa shape index (κ3) is 10.4. The average Bonchev–Trinajstić information content (AvgIpc) is 3.52. The number of hydrogen-bond donors (Lipinski definition) is 4. The van der Waals surface area contributed by atoms with E-state index in [1.54, 1.807) is 18.0 Å². The maximum Gasteiger partial charge on any atom is 0.163 e. The largest absolute Gasteiger partial charge is 0.497 e. The molecule has 0 spiro atoms. The summed E-state index contributed by atoms with van der Waals surface area (Å²) in [5.74, 6) is 0.410. The van der Waals surface area contributed by atoms with E-state index < -0.39 is 36.6 Å². The Hall–Kier alpha value is -3.19. The standard InChI is InChI=1S/C35H50N4O7/c1-35(2,3)31(41)17-10-6-9-16-28-32(42)33(43)30(22-39-21-29(37-38-39)25-14-11-15-27(18-25)44-4)46-34(28)45-23-26(40)20-36-19-24-12-7-5-8-13-24/h5,7-8,11-15,18,21,26,28,30,32-34,36,40,42-43H,6,9-10,16-17,19-20,22-23H2,1-4H3. The first kappa shape index (κ1) is 35.7. The van der Waals surface area contributed by atoms with Crippen LogP contribution >= 0.6 is 0 Å². The van der Waals surface area contributed by atoms with Crippen molar-refractivity contribution in [1.29, 1.82) is 0 Å². The number of rotatable bonds is 17. The smallest absolute Gasteiger partial charge is 0.163 e. The van der Waals surface area contributed by atoms with Crippen molar-refractivity contribution in [1.82, 2.24) is 20.3 Å². The van der Waals surface area contributed by atoms with Crippen molar-refractivity contribution < 1.29 is 34.3 Å². The predicted octanol–water partition coefficient (Wildman–Crippen LogP) is 3.75. The molecule has 1 saturated heterocycles. The second-order valence-corrected chi connectivity index (χ2v) is 13.1. The first-order chi connectivity index (χ1) is 22.0. The predicted molar refractivity (Wildman–Crippen MR) is 174 cm³/mol. The summed E-state index contributed by atoms with van der Waals surface area (Å²) in [6.07, 6.45) is 0.288. The highest BCUT2D eigenvalue weighted by Crippen LogP contribution is 2.32. The van der Waals surface area contributed by atoms with Gasteiger partial charge in [-0.1, -0.05) is 81.3 Å². The van der Waals surface area contributed by atoms with E-state index in [0.29, 0.717) is 37.4 Å². The van der Waals surface area contributed by atoms with Crippen LogP contribution in [0.25, 0.3) is 11.3 Å². The molecule has 11 heteroatoms. The SMILES string of the molecule is COc1cccc(-c2cn(CC3OC(OCC(O)CNCc4ccccc4)C(CCCCCC(=O)C(C)(C)C)C(O)C3O)nn2)c1. The monoisotopic (exact) mass is 638 g/mol. The van der Waals surface area contributed by atoms with Gasteiger partial charge in [-0.25, -0.2) is 4.68 Å². The Bertz CT molecular complexity index is 1350. The van der Waals surface area contributed by atoms with E-state index in [1.807, 2.05) is 75.4 Å². The lowest BCUT2D eigenvalue weighted by Gasteiger charge is -2.43. The van der Waals surface area contributed by atoms with Gasteiger partial charge in [0.05, 0.1) is 38.7 Å². The first-order valence-corrected chi connectivity index (χ1v) is 16.2. The van der Waals surface area contributed by atoms with Gasteiger partial charge in [0.2, 0.25) is 0 Å². The fraction of sp³-hybridized carbons (Fsp3) is 0.571. The molecule has 252 valence electrons. The van der Waals surface area contributed by atoms with Crippen molar-refractivity contribution in [2.75, 3.05) is 20.3 Å². The van der Waals surface area contributed by atoms with E-state index in [-0.39, 0.29) is 24.3 Å². The molecule has 1 aliphatic rings. The van der Waals surface area contributed by atoms with Crippen LogP contribution in [0.2, 0.25) is 0 Å². The fourth-order valence-corrected chi connectivity index (χ4v) is 5.56. The minimum absolute atomic E-state index is 0.0120. The highest BCUT2D eigenvalue weighted by Gasteiger charge is 2.45. The topological polar surface area (TPSA) is 148 Å². The lowest BCUT2D eigenvalue weighted by molar-refractivity contribution is -0.288. The summed E-state index contributed by atoms with van der Waals surface area (Å²) in [6.45, 7) is 6.83. The number of unbranched alkanes of at least 4 members (excludes halogenated alkanes) is 2. The summed E-state index contributed by atoms with van der Waals surface area (Å²) in [6, 6.07) is 17.4. The molecule has 1 aliphatic heterocycles. The number of nitrogens with zero attached hydrogens (tertiary/aromatic N) is 3. The van der Waals surface area contributed by atoms with Crippen molar-refractivity contribution in [3.63, 3.8) is 0 Å². The van der Waals surface area contributed by atoms with Crippen LogP contribution in [0.5, 0.6) is 5.75 Å². The van der Waals surface area contributed by atoms with E-state index >= 15 is 0 Å². The van der Waals surface area contributed by atoms with Gasteiger partial charge in [0, 0.05) is 36.4 Å². The molecule has 11 nitrogen and oxygen atoms in total. The molecule has 6 atom stereocenters. The number of methoxy groups -OCH3 is 1. The maximum absolute atomic E-state index is 12.3. The molecule has 1 aromatic heterocycles. The quantitative estimate of drug-likeness (QED) is 0.161. The number of ether oxygens (including phenoxy) is 3. The molecule has 0 aliphatic carbocycles. The summed E-state index contributed by atoms with van der Waals surface area (Å²) in [7, 11) is 1.60. The van der Waals surface area contributed by atoms with Crippen LogP contribution in [0, 0.1) is 11.3 Å². The van der Waals surface area contributed by atoms with Crippen molar-refractivity contribution in [2.45, 2.75) is 96.7 Å². The number of ketones is 1. The van der Waals surface area contributed by atoms with Gasteiger partial charge in [-0.05, 0) is 30.5 Å². The normalized spacial score (nSPS) is 22.5. The summed E-state index contributed by atoms with van der Waals surface area (Å²) in [4.78, 5) is 12.3. The second-order valence-electron chi connectivity index (χ2n) is 13.1. The number of aromatic nitrogens is 3. The zero-order valence-electron chi connectivity index (χ0n) is 27.4. The summed E-state index contributed by atoms with van der Waals surface area (Å²) >= 11 is 0. The number of nitrogens with one attached hydrogen (secondary N) is 1. The number of benzene rings is 2. The lowest BCUT2D eigenvalue weighted by atomic mass is 9.85. The molecule has 3 aromatic rings. The van der Waals surface area contributed by atoms with Crippen LogP contribution in [0.4, 0.5) is 0 Å². The van der Waals surface area contributed by atoms with E-state index in [9.17, 15) is 20.1 Å². The number of aliphatic hydroxyl groups excluding tert-OH is 3. The fourth-order valence-electron chi connectivity index (χ4n) is 5.56. The molecular weight excluding hydrogens is 588 g/mol. The molecule has 4 N–H and O–H groups in total. The van der Waals surface area contributed by atoms with Gasteiger partial charge in [-0.2, -0.15) is 0 Å².